The second-order valence-electron chi connectivity index (χ2n) is 16.9. The van der Waals surface area contributed by atoms with Gasteiger partial charge in [0.05, 0.1) is 22.4 Å². The molecule has 0 aliphatic carbocycles. The monoisotopic (exact) mass is 642 g/mol. The van der Waals surface area contributed by atoms with Crippen LogP contribution in [0.25, 0.3) is 21.8 Å². The van der Waals surface area contributed by atoms with E-state index in [1.165, 1.54) is 0 Å². The zero-order chi connectivity index (χ0) is 35.4. The fraction of sp³-hybridized carbons (Fsp3) is 0.381. The minimum absolute atomic E-state index is 0.132. The van der Waals surface area contributed by atoms with Crippen molar-refractivity contribution in [3.63, 3.8) is 0 Å². The van der Waals surface area contributed by atoms with E-state index in [1.807, 2.05) is 36.4 Å². The lowest BCUT2D eigenvalue weighted by molar-refractivity contribution is 0.443. The maximum atomic E-state index is 11.5. The first kappa shape index (κ1) is 34.7. The van der Waals surface area contributed by atoms with Gasteiger partial charge in [0.1, 0.15) is 11.5 Å². The van der Waals surface area contributed by atoms with Crippen molar-refractivity contribution in [1.29, 1.82) is 0 Å². The number of rotatable bonds is 4. The third kappa shape index (κ3) is 6.85. The van der Waals surface area contributed by atoms with Gasteiger partial charge in [0.25, 0.3) is 0 Å². The van der Waals surface area contributed by atoms with E-state index in [9.17, 15) is 10.2 Å². The SMILES string of the molecule is CC(C)(C)c1cc(C=Nc2c(N=Cc3cc(C(C)(C)C)cc(C(C)(C)C)c3O)c3cccnc3c3ncccc23)c(O)c(C(C)(C)C)c1. The number of pyridine rings is 2. The Hall–Kier alpha value is -4.58. The molecule has 0 radical (unpaired) electrons. The lowest BCUT2D eigenvalue weighted by atomic mass is 9.79. The fourth-order valence-electron chi connectivity index (χ4n) is 5.87. The van der Waals surface area contributed by atoms with Crippen LogP contribution in [0.5, 0.6) is 11.5 Å². The van der Waals surface area contributed by atoms with Crippen LogP contribution in [-0.4, -0.2) is 32.6 Å². The summed E-state index contributed by atoms with van der Waals surface area (Å²) < 4.78 is 0. The van der Waals surface area contributed by atoms with Crippen molar-refractivity contribution in [2.45, 2.75) is 105 Å². The van der Waals surface area contributed by atoms with Gasteiger partial charge in [-0.05, 0) is 69.2 Å². The number of aromatic nitrogens is 2. The van der Waals surface area contributed by atoms with Crippen molar-refractivity contribution in [2.75, 3.05) is 0 Å². The van der Waals surface area contributed by atoms with Gasteiger partial charge in [-0.3, -0.25) is 20.0 Å². The van der Waals surface area contributed by atoms with Gasteiger partial charge < -0.3 is 10.2 Å². The molecule has 5 rings (SSSR count). The van der Waals surface area contributed by atoms with E-state index in [0.29, 0.717) is 22.5 Å². The summed E-state index contributed by atoms with van der Waals surface area (Å²) in [7, 11) is 0. The van der Waals surface area contributed by atoms with Crippen LogP contribution in [0.3, 0.4) is 0 Å². The van der Waals surface area contributed by atoms with E-state index >= 15 is 0 Å². The summed E-state index contributed by atoms with van der Waals surface area (Å²) in [4.78, 5) is 19.6. The van der Waals surface area contributed by atoms with Gasteiger partial charge >= 0.3 is 0 Å². The first-order valence-electron chi connectivity index (χ1n) is 16.7. The summed E-state index contributed by atoms with van der Waals surface area (Å²) in [6.45, 7) is 25.6. The fourth-order valence-corrected chi connectivity index (χ4v) is 5.87. The van der Waals surface area contributed by atoms with Gasteiger partial charge in [-0.15, -0.1) is 0 Å². The zero-order valence-corrected chi connectivity index (χ0v) is 30.6. The summed E-state index contributed by atoms with van der Waals surface area (Å²) in [6.07, 6.45) is 6.98. The third-order valence-electron chi connectivity index (χ3n) is 8.87. The molecule has 0 aliphatic heterocycles. The lowest BCUT2D eigenvalue weighted by Gasteiger charge is -2.27. The number of hydrogen-bond acceptors (Lipinski definition) is 6. The van der Waals surface area contributed by atoms with Crippen LogP contribution in [0.1, 0.15) is 116 Å². The maximum absolute atomic E-state index is 11.5. The molecule has 6 nitrogen and oxygen atoms in total. The number of hydrogen-bond donors (Lipinski definition) is 2. The molecule has 0 atom stereocenters. The van der Waals surface area contributed by atoms with Crippen molar-refractivity contribution in [2.24, 2.45) is 9.98 Å². The molecular formula is C42H50N4O2. The van der Waals surface area contributed by atoms with E-state index in [4.69, 9.17) is 20.0 Å². The van der Waals surface area contributed by atoms with Gasteiger partial charge in [-0.2, -0.15) is 0 Å². The van der Waals surface area contributed by atoms with Crippen LogP contribution in [0.15, 0.2) is 70.9 Å². The lowest BCUT2D eigenvalue weighted by Crippen LogP contribution is -2.17. The van der Waals surface area contributed by atoms with E-state index in [-0.39, 0.29) is 33.2 Å². The summed E-state index contributed by atoms with van der Waals surface area (Å²) in [5, 5.41) is 24.7. The summed E-state index contributed by atoms with van der Waals surface area (Å²) in [5.74, 6) is 0.431. The molecule has 0 unspecified atom stereocenters. The van der Waals surface area contributed by atoms with Crippen molar-refractivity contribution < 1.29 is 10.2 Å². The Morgan fingerprint density at radius 1 is 0.521 bits per heavy atom. The Kier molecular flexibility index (Phi) is 8.79. The second-order valence-corrected chi connectivity index (χ2v) is 16.9. The highest BCUT2D eigenvalue weighted by atomic mass is 16.3. The van der Waals surface area contributed by atoms with Crippen LogP contribution in [0.2, 0.25) is 0 Å². The average Bonchev–Trinajstić information content (AvgIpc) is 2.98. The van der Waals surface area contributed by atoms with E-state index < -0.39 is 0 Å². The minimum atomic E-state index is -0.274. The highest BCUT2D eigenvalue weighted by molar-refractivity contribution is 6.17. The highest BCUT2D eigenvalue weighted by Crippen LogP contribution is 2.44. The summed E-state index contributed by atoms with van der Waals surface area (Å²) in [6, 6.07) is 16.0. The van der Waals surface area contributed by atoms with Crippen molar-refractivity contribution in [3.05, 3.63) is 94.3 Å². The Bertz CT molecular complexity index is 1930. The zero-order valence-electron chi connectivity index (χ0n) is 30.6. The van der Waals surface area contributed by atoms with Crippen molar-refractivity contribution in [3.8, 4) is 11.5 Å². The number of aliphatic imine (C=N–C) groups is 2. The molecule has 250 valence electrons. The smallest absolute Gasteiger partial charge is 0.128 e. The first-order chi connectivity index (χ1) is 22.2. The number of phenolic OH excluding ortho intramolecular Hbond substituents is 2. The minimum Gasteiger partial charge on any atom is -0.507 e. The predicted octanol–water partition coefficient (Wildman–Crippen LogP) is 10.9. The van der Waals surface area contributed by atoms with Crippen LogP contribution in [0.4, 0.5) is 11.4 Å². The van der Waals surface area contributed by atoms with Crippen LogP contribution >= 0.6 is 0 Å². The summed E-state index contributed by atoms with van der Waals surface area (Å²) in [5.41, 5.74) is 7.07. The molecular weight excluding hydrogens is 592 g/mol. The van der Waals surface area contributed by atoms with Gasteiger partial charge in [0, 0.05) is 57.8 Å². The first-order valence-corrected chi connectivity index (χ1v) is 16.7. The molecule has 0 saturated heterocycles. The molecule has 48 heavy (non-hydrogen) atoms. The number of fused-ring (bicyclic) bond motifs is 3. The van der Waals surface area contributed by atoms with Crippen LogP contribution < -0.4 is 0 Å². The number of aromatic hydroxyl groups is 2. The van der Waals surface area contributed by atoms with E-state index in [2.05, 4.69) is 95.2 Å². The second kappa shape index (κ2) is 12.1. The largest absolute Gasteiger partial charge is 0.507 e. The molecule has 6 heteroatoms. The van der Waals surface area contributed by atoms with Crippen molar-refractivity contribution >= 4 is 45.6 Å². The van der Waals surface area contributed by atoms with Gasteiger partial charge in [-0.25, -0.2) is 0 Å². The predicted molar refractivity (Wildman–Crippen MR) is 203 cm³/mol. The Morgan fingerprint density at radius 2 is 0.875 bits per heavy atom. The van der Waals surface area contributed by atoms with E-state index in [1.54, 1.807) is 24.8 Å². The molecule has 0 aliphatic rings. The Balaban J connectivity index is 1.81. The quantitative estimate of drug-likeness (QED) is 0.151. The van der Waals surface area contributed by atoms with Gasteiger partial charge in [0.15, 0.2) is 0 Å². The van der Waals surface area contributed by atoms with Crippen molar-refractivity contribution in [1.82, 2.24) is 9.97 Å². The average molecular weight is 643 g/mol. The molecule has 0 bridgehead atoms. The molecule has 0 amide bonds. The molecule has 2 N–H and O–H groups in total. The molecule has 5 aromatic rings. The molecule has 2 aromatic heterocycles. The number of nitrogens with zero attached hydrogens (tertiary/aromatic N) is 4. The maximum Gasteiger partial charge on any atom is 0.128 e. The Labute approximate surface area is 285 Å². The number of benzene rings is 3. The van der Waals surface area contributed by atoms with Gasteiger partial charge in [0.2, 0.25) is 0 Å². The molecule has 2 heterocycles. The van der Waals surface area contributed by atoms with Crippen LogP contribution in [0, 0.1) is 0 Å². The molecule has 0 saturated carbocycles. The summed E-state index contributed by atoms with van der Waals surface area (Å²) >= 11 is 0. The van der Waals surface area contributed by atoms with Crippen LogP contribution in [-0.2, 0) is 21.7 Å². The molecule has 0 spiro atoms. The third-order valence-corrected chi connectivity index (χ3v) is 8.87. The Morgan fingerprint density at radius 3 is 1.19 bits per heavy atom. The highest BCUT2D eigenvalue weighted by Gasteiger charge is 2.26. The van der Waals surface area contributed by atoms with Gasteiger partial charge in [-0.1, -0.05) is 95.2 Å². The molecule has 3 aromatic carbocycles. The topological polar surface area (TPSA) is 91.0 Å². The number of phenols is 2. The normalized spacial score (nSPS) is 13.4. The standard InChI is InChI=1S/C42H50N4O2/c1-39(2,3)27-19-25(37(47)31(21-27)41(7,8)9)23-45-35-29-15-13-17-43-33(29)34-30(16-14-18-44-34)36(35)46-24-26-20-28(40(4,5)6)22-32(38(26)48)42(10,11)12/h13-24,47-48H,1-12H3. The molecule has 0 fully saturated rings. The van der Waals surface area contributed by atoms with E-state index in [0.717, 1.165) is 44.1 Å².